The third-order valence-corrected chi connectivity index (χ3v) is 3.05. The molecule has 0 aromatic carbocycles. The second kappa shape index (κ2) is 6.52. The molecule has 0 radical (unpaired) electrons. The molecule has 0 unspecified atom stereocenters. The lowest BCUT2D eigenvalue weighted by molar-refractivity contribution is 0.404. The SMILES string of the molecule is COc1c(C)cnc(CN(C)C(=N)CC(=N)Cl)c1C. The number of nitrogens with zero attached hydrogens (tertiary/aromatic N) is 2. The molecule has 1 rings (SSSR count). The topological polar surface area (TPSA) is 73.1 Å². The molecule has 5 nitrogen and oxygen atoms in total. The van der Waals surface area contributed by atoms with E-state index >= 15 is 0 Å². The number of aromatic nitrogens is 1. The Morgan fingerprint density at radius 2 is 2.05 bits per heavy atom. The molecule has 104 valence electrons. The Balaban J connectivity index is 2.88. The van der Waals surface area contributed by atoms with Crippen molar-refractivity contribution in [2.45, 2.75) is 26.8 Å². The Kier molecular flexibility index (Phi) is 5.30. The number of rotatable bonds is 5. The highest BCUT2D eigenvalue weighted by Crippen LogP contribution is 2.24. The molecule has 1 aromatic heterocycles. The Morgan fingerprint density at radius 3 is 2.58 bits per heavy atom. The molecule has 0 aliphatic rings. The number of methoxy groups -OCH3 is 1. The van der Waals surface area contributed by atoms with Crippen molar-refractivity contribution in [2.24, 2.45) is 0 Å². The number of halogens is 1. The van der Waals surface area contributed by atoms with Crippen LogP contribution in [0, 0.1) is 24.7 Å². The van der Waals surface area contributed by atoms with E-state index in [4.69, 9.17) is 27.2 Å². The van der Waals surface area contributed by atoms with Crippen LogP contribution < -0.4 is 4.74 Å². The van der Waals surface area contributed by atoms with Crippen LogP contribution in [0.25, 0.3) is 0 Å². The fourth-order valence-electron chi connectivity index (χ4n) is 1.83. The van der Waals surface area contributed by atoms with Crippen molar-refractivity contribution < 1.29 is 4.74 Å². The molecule has 19 heavy (non-hydrogen) atoms. The third kappa shape index (κ3) is 3.92. The number of hydrogen-bond acceptors (Lipinski definition) is 4. The van der Waals surface area contributed by atoms with E-state index in [9.17, 15) is 0 Å². The average molecular weight is 283 g/mol. The van der Waals surface area contributed by atoms with Crippen LogP contribution in [0.2, 0.25) is 0 Å². The molecule has 0 saturated carbocycles. The summed E-state index contributed by atoms with van der Waals surface area (Å²) >= 11 is 5.50. The molecule has 2 N–H and O–H groups in total. The van der Waals surface area contributed by atoms with E-state index in [2.05, 4.69) is 4.98 Å². The predicted molar refractivity (Wildman–Crippen MR) is 77.7 cm³/mol. The molecule has 0 atom stereocenters. The normalized spacial score (nSPS) is 10.2. The smallest absolute Gasteiger partial charge is 0.128 e. The van der Waals surface area contributed by atoms with Gasteiger partial charge in [0.05, 0.1) is 25.8 Å². The van der Waals surface area contributed by atoms with Crippen molar-refractivity contribution in [3.63, 3.8) is 0 Å². The zero-order valence-corrected chi connectivity index (χ0v) is 12.4. The Labute approximate surface area is 118 Å². The van der Waals surface area contributed by atoms with Crippen LogP contribution in [0.1, 0.15) is 23.2 Å². The molecule has 0 amide bonds. The Bertz CT molecular complexity index is 502. The average Bonchev–Trinajstić information content (AvgIpc) is 2.32. The summed E-state index contributed by atoms with van der Waals surface area (Å²) in [5.74, 6) is 1.12. The van der Waals surface area contributed by atoms with Gasteiger partial charge < -0.3 is 9.64 Å². The minimum atomic E-state index is -0.0389. The predicted octanol–water partition coefficient (Wildman–Crippen LogP) is 2.72. The number of hydrogen-bond donors (Lipinski definition) is 2. The van der Waals surface area contributed by atoms with Gasteiger partial charge in [-0.2, -0.15) is 0 Å². The van der Waals surface area contributed by atoms with Crippen LogP contribution in [0.5, 0.6) is 5.75 Å². The lowest BCUT2D eigenvalue weighted by Crippen LogP contribution is -2.27. The van der Waals surface area contributed by atoms with Gasteiger partial charge in [0, 0.05) is 24.4 Å². The minimum absolute atomic E-state index is 0.0389. The summed E-state index contributed by atoms with van der Waals surface area (Å²) in [5, 5.41) is 15.0. The summed E-state index contributed by atoms with van der Waals surface area (Å²) < 4.78 is 5.36. The molecule has 0 bridgehead atoms. The summed E-state index contributed by atoms with van der Waals surface area (Å²) in [7, 11) is 3.43. The fourth-order valence-corrected chi connectivity index (χ4v) is 1.96. The number of amidine groups is 1. The lowest BCUT2D eigenvalue weighted by atomic mass is 10.1. The van der Waals surface area contributed by atoms with E-state index < -0.39 is 0 Å². The maximum absolute atomic E-state index is 7.83. The first-order valence-corrected chi connectivity index (χ1v) is 6.25. The van der Waals surface area contributed by atoms with Gasteiger partial charge in [0.1, 0.15) is 16.8 Å². The molecular formula is C13H19ClN4O. The van der Waals surface area contributed by atoms with Crippen LogP contribution in [-0.4, -0.2) is 35.0 Å². The second-order valence-electron chi connectivity index (χ2n) is 4.43. The first-order chi connectivity index (χ1) is 8.86. The molecule has 6 heteroatoms. The third-order valence-electron chi connectivity index (χ3n) is 2.92. The van der Waals surface area contributed by atoms with Gasteiger partial charge >= 0.3 is 0 Å². The monoisotopic (exact) mass is 282 g/mol. The fraction of sp³-hybridized carbons (Fsp3) is 0.462. The van der Waals surface area contributed by atoms with Crippen LogP contribution in [0.3, 0.4) is 0 Å². The number of pyridine rings is 1. The van der Waals surface area contributed by atoms with Crippen LogP contribution >= 0.6 is 11.6 Å². The van der Waals surface area contributed by atoms with E-state index in [-0.39, 0.29) is 11.6 Å². The summed E-state index contributed by atoms with van der Waals surface area (Å²) in [6.07, 6.45) is 1.91. The highest BCUT2D eigenvalue weighted by molar-refractivity contribution is 6.65. The number of aryl methyl sites for hydroxylation is 1. The first kappa shape index (κ1) is 15.4. The van der Waals surface area contributed by atoms with Crippen molar-refractivity contribution in [1.82, 2.24) is 9.88 Å². The zero-order chi connectivity index (χ0) is 14.6. The maximum atomic E-state index is 7.83. The first-order valence-electron chi connectivity index (χ1n) is 5.87. The second-order valence-corrected chi connectivity index (χ2v) is 4.89. The molecule has 0 saturated heterocycles. The summed E-state index contributed by atoms with van der Waals surface area (Å²) in [4.78, 5) is 6.11. The van der Waals surface area contributed by atoms with Gasteiger partial charge in [0.25, 0.3) is 0 Å². The maximum Gasteiger partial charge on any atom is 0.128 e. The minimum Gasteiger partial charge on any atom is -0.496 e. The zero-order valence-electron chi connectivity index (χ0n) is 11.7. The van der Waals surface area contributed by atoms with E-state index in [1.54, 1.807) is 25.3 Å². The quantitative estimate of drug-likeness (QED) is 0.644. The van der Waals surface area contributed by atoms with E-state index in [1.165, 1.54) is 0 Å². The largest absolute Gasteiger partial charge is 0.496 e. The molecule has 0 aliphatic carbocycles. The molecule has 1 aromatic rings. The summed E-state index contributed by atoms with van der Waals surface area (Å²) in [6, 6.07) is 0. The van der Waals surface area contributed by atoms with Crippen LogP contribution in [-0.2, 0) is 6.54 Å². The van der Waals surface area contributed by atoms with E-state index in [0.717, 1.165) is 22.6 Å². The van der Waals surface area contributed by atoms with Gasteiger partial charge in [0.15, 0.2) is 0 Å². The van der Waals surface area contributed by atoms with Gasteiger partial charge in [0.2, 0.25) is 0 Å². The summed E-state index contributed by atoms with van der Waals surface area (Å²) in [5.41, 5.74) is 2.82. The molecule has 1 heterocycles. The van der Waals surface area contributed by atoms with E-state index in [1.807, 2.05) is 13.8 Å². The molecule has 0 aliphatic heterocycles. The van der Waals surface area contributed by atoms with Gasteiger partial charge in [-0.15, -0.1) is 0 Å². The lowest BCUT2D eigenvalue weighted by Gasteiger charge is -2.21. The van der Waals surface area contributed by atoms with Crippen molar-refractivity contribution in [2.75, 3.05) is 14.2 Å². The van der Waals surface area contributed by atoms with Crippen molar-refractivity contribution in [1.29, 1.82) is 10.8 Å². The van der Waals surface area contributed by atoms with Gasteiger partial charge in [-0.25, -0.2) is 0 Å². The Hall–Kier alpha value is -1.62. The van der Waals surface area contributed by atoms with Crippen molar-refractivity contribution >= 4 is 22.6 Å². The van der Waals surface area contributed by atoms with Gasteiger partial charge in [-0.1, -0.05) is 11.6 Å². The standard InChI is InChI=1S/C13H19ClN4O/c1-8-6-17-10(9(2)13(8)19-4)7-18(3)12(16)5-11(14)15/h6,15-16H,5,7H2,1-4H3. The number of ether oxygens (including phenoxy) is 1. The van der Waals surface area contributed by atoms with Crippen molar-refractivity contribution in [3.8, 4) is 5.75 Å². The molecule has 0 spiro atoms. The highest BCUT2D eigenvalue weighted by Gasteiger charge is 2.13. The van der Waals surface area contributed by atoms with Gasteiger partial charge in [-0.3, -0.25) is 15.8 Å². The molecule has 0 fully saturated rings. The highest BCUT2D eigenvalue weighted by atomic mass is 35.5. The summed E-state index contributed by atoms with van der Waals surface area (Å²) in [6.45, 7) is 4.39. The van der Waals surface area contributed by atoms with Gasteiger partial charge in [-0.05, 0) is 13.8 Å². The van der Waals surface area contributed by atoms with E-state index in [0.29, 0.717) is 12.4 Å². The van der Waals surface area contributed by atoms with Crippen LogP contribution in [0.15, 0.2) is 6.20 Å². The van der Waals surface area contributed by atoms with Crippen molar-refractivity contribution in [3.05, 3.63) is 23.0 Å². The van der Waals surface area contributed by atoms with Crippen LogP contribution in [0.4, 0.5) is 0 Å². The molecular weight excluding hydrogens is 264 g/mol. The Morgan fingerprint density at radius 1 is 1.42 bits per heavy atom. The number of nitrogens with one attached hydrogen (secondary N) is 2.